The lowest BCUT2D eigenvalue weighted by Gasteiger charge is -2.14. The quantitative estimate of drug-likeness (QED) is 0.817. The number of allylic oxidation sites excluding steroid dienone is 3. The number of nitrogens with zero attached hydrogens (tertiary/aromatic N) is 2. The van der Waals surface area contributed by atoms with Crippen molar-refractivity contribution in [2.75, 3.05) is 5.32 Å². The second kappa shape index (κ2) is 5.35. The van der Waals surface area contributed by atoms with E-state index in [1.54, 1.807) is 19.1 Å². The van der Waals surface area contributed by atoms with Gasteiger partial charge in [0.25, 0.3) is 0 Å². The standard InChI is InChI=1S/C13H13N3O2/c1-2-3-10(17)5-4-9-8-14-13-11(15-9)6-7-12(18)16-13/h2-5,8H,6-7H2,1H3,(H,14,16,18)/b3-2+,5-4+. The SMILES string of the molecule is C/C=C/C(=O)/C=C/c1cnc2c(n1)CCC(=O)N2. The van der Waals surface area contributed by atoms with Gasteiger partial charge in [0, 0.05) is 12.8 Å². The zero-order valence-corrected chi connectivity index (χ0v) is 10.0. The van der Waals surface area contributed by atoms with E-state index in [0.717, 1.165) is 5.69 Å². The van der Waals surface area contributed by atoms with Gasteiger partial charge in [0.05, 0.1) is 17.6 Å². The molecule has 2 rings (SSSR count). The van der Waals surface area contributed by atoms with Crippen molar-refractivity contribution < 1.29 is 9.59 Å². The van der Waals surface area contributed by atoms with E-state index in [-0.39, 0.29) is 11.7 Å². The summed E-state index contributed by atoms with van der Waals surface area (Å²) in [4.78, 5) is 30.9. The van der Waals surface area contributed by atoms with E-state index in [2.05, 4.69) is 15.3 Å². The second-order valence-electron chi connectivity index (χ2n) is 3.87. The van der Waals surface area contributed by atoms with E-state index in [0.29, 0.717) is 24.4 Å². The predicted molar refractivity (Wildman–Crippen MR) is 67.8 cm³/mol. The van der Waals surface area contributed by atoms with Crippen molar-refractivity contribution in [3.05, 3.63) is 35.8 Å². The molecule has 1 amide bonds. The molecule has 1 aliphatic heterocycles. The first-order valence-corrected chi connectivity index (χ1v) is 5.69. The topological polar surface area (TPSA) is 72.0 Å². The third kappa shape index (κ3) is 2.88. The Morgan fingerprint density at radius 2 is 2.22 bits per heavy atom. The third-order valence-corrected chi connectivity index (χ3v) is 2.46. The molecule has 0 radical (unpaired) electrons. The van der Waals surface area contributed by atoms with Crippen LogP contribution in [0.1, 0.15) is 24.7 Å². The van der Waals surface area contributed by atoms with Crippen LogP contribution in [0.5, 0.6) is 0 Å². The summed E-state index contributed by atoms with van der Waals surface area (Å²) in [6.07, 6.45) is 8.75. The van der Waals surface area contributed by atoms with Crippen molar-refractivity contribution in [1.29, 1.82) is 0 Å². The Bertz CT molecular complexity index is 547. The number of aryl methyl sites for hydroxylation is 1. The van der Waals surface area contributed by atoms with Crippen molar-refractivity contribution in [2.45, 2.75) is 19.8 Å². The number of rotatable bonds is 3. The molecular weight excluding hydrogens is 230 g/mol. The number of ketones is 1. The number of carbonyl (C=O) groups is 2. The summed E-state index contributed by atoms with van der Waals surface area (Å²) < 4.78 is 0. The maximum Gasteiger partial charge on any atom is 0.225 e. The molecule has 0 bridgehead atoms. The number of nitrogens with one attached hydrogen (secondary N) is 1. The molecule has 0 fully saturated rings. The molecule has 0 saturated carbocycles. The van der Waals surface area contributed by atoms with Crippen LogP contribution in [0, 0.1) is 0 Å². The molecule has 2 heterocycles. The zero-order chi connectivity index (χ0) is 13.0. The summed E-state index contributed by atoms with van der Waals surface area (Å²) in [5, 5.41) is 2.66. The molecule has 0 saturated heterocycles. The average Bonchev–Trinajstić information content (AvgIpc) is 2.36. The Labute approximate surface area is 105 Å². The van der Waals surface area contributed by atoms with Gasteiger partial charge in [0.15, 0.2) is 11.6 Å². The number of carbonyl (C=O) groups excluding carboxylic acids is 2. The van der Waals surface area contributed by atoms with Crippen LogP contribution in [0.4, 0.5) is 5.82 Å². The van der Waals surface area contributed by atoms with Crippen LogP contribution < -0.4 is 5.32 Å². The number of anilines is 1. The molecule has 0 spiro atoms. The van der Waals surface area contributed by atoms with Gasteiger partial charge in [-0.25, -0.2) is 9.97 Å². The molecule has 0 unspecified atom stereocenters. The summed E-state index contributed by atoms with van der Waals surface area (Å²) in [6, 6.07) is 0. The number of hydrogen-bond acceptors (Lipinski definition) is 4. The van der Waals surface area contributed by atoms with Gasteiger partial charge < -0.3 is 5.32 Å². The highest BCUT2D eigenvalue weighted by Crippen LogP contribution is 2.17. The van der Waals surface area contributed by atoms with Crippen molar-refractivity contribution in [3.63, 3.8) is 0 Å². The highest BCUT2D eigenvalue weighted by molar-refractivity contribution is 6.01. The number of amides is 1. The minimum Gasteiger partial charge on any atom is -0.309 e. The fourth-order valence-electron chi connectivity index (χ4n) is 1.62. The second-order valence-corrected chi connectivity index (χ2v) is 3.87. The summed E-state index contributed by atoms with van der Waals surface area (Å²) in [6.45, 7) is 1.78. The molecule has 0 atom stereocenters. The van der Waals surface area contributed by atoms with Crippen LogP contribution in [0.2, 0.25) is 0 Å². The van der Waals surface area contributed by atoms with Crippen LogP contribution >= 0.6 is 0 Å². The fourth-order valence-corrected chi connectivity index (χ4v) is 1.62. The van der Waals surface area contributed by atoms with Crippen molar-refractivity contribution in [2.24, 2.45) is 0 Å². The lowest BCUT2D eigenvalue weighted by atomic mass is 10.1. The number of hydrogen-bond donors (Lipinski definition) is 1. The molecule has 0 aromatic carbocycles. The van der Waals surface area contributed by atoms with Gasteiger partial charge in [-0.2, -0.15) is 0 Å². The van der Waals surface area contributed by atoms with Crippen LogP contribution in [-0.2, 0) is 16.0 Å². The van der Waals surface area contributed by atoms with Crippen molar-refractivity contribution in [1.82, 2.24) is 9.97 Å². The molecule has 5 heteroatoms. The largest absolute Gasteiger partial charge is 0.309 e. The Balaban J connectivity index is 2.17. The van der Waals surface area contributed by atoms with Crippen LogP contribution in [0.15, 0.2) is 24.4 Å². The summed E-state index contributed by atoms with van der Waals surface area (Å²) in [5.41, 5.74) is 1.37. The fraction of sp³-hybridized carbons (Fsp3) is 0.231. The maximum absolute atomic E-state index is 11.3. The average molecular weight is 243 g/mol. The first kappa shape index (κ1) is 12.2. The molecule has 5 nitrogen and oxygen atoms in total. The van der Waals surface area contributed by atoms with Gasteiger partial charge in [0.2, 0.25) is 5.91 Å². The minimum atomic E-state index is -0.0923. The van der Waals surface area contributed by atoms with E-state index in [4.69, 9.17) is 0 Å². The number of fused-ring (bicyclic) bond motifs is 1. The smallest absolute Gasteiger partial charge is 0.225 e. The van der Waals surface area contributed by atoms with E-state index < -0.39 is 0 Å². The van der Waals surface area contributed by atoms with Gasteiger partial charge in [0.1, 0.15) is 0 Å². The molecule has 1 N–H and O–H groups in total. The Morgan fingerprint density at radius 1 is 1.39 bits per heavy atom. The summed E-state index contributed by atoms with van der Waals surface area (Å²) in [7, 11) is 0. The van der Waals surface area contributed by atoms with Crippen molar-refractivity contribution in [3.8, 4) is 0 Å². The van der Waals surface area contributed by atoms with Gasteiger partial charge in [-0.3, -0.25) is 9.59 Å². The molecule has 1 aromatic rings. The van der Waals surface area contributed by atoms with Crippen LogP contribution in [0.25, 0.3) is 6.08 Å². The van der Waals surface area contributed by atoms with E-state index in [1.165, 1.54) is 18.3 Å². The van der Waals surface area contributed by atoms with Crippen LogP contribution in [-0.4, -0.2) is 21.7 Å². The molecule has 18 heavy (non-hydrogen) atoms. The van der Waals surface area contributed by atoms with Crippen LogP contribution in [0.3, 0.4) is 0 Å². The molecule has 1 aromatic heterocycles. The van der Waals surface area contributed by atoms with E-state index >= 15 is 0 Å². The van der Waals surface area contributed by atoms with Gasteiger partial charge in [-0.05, 0) is 25.2 Å². The monoisotopic (exact) mass is 243 g/mol. The molecule has 1 aliphatic rings. The Kier molecular flexibility index (Phi) is 3.62. The van der Waals surface area contributed by atoms with Gasteiger partial charge in [-0.1, -0.05) is 6.08 Å². The number of aromatic nitrogens is 2. The van der Waals surface area contributed by atoms with Crippen molar-refractivity contribution >= 4 is 23.6 Å². The van der Waals surface area contributed by atoms with E-state index in [9.17, 15) is 9.59 Å². The summed E-state index contributed by atoms with van der Waals surface area (Å²) >= 11 is 0. The molecule has 0 aliphatic carbocycles. The Morgan fingerprint density at radius 3 is 3.00 bits per heavy atom. The summed E-state index contributed by atoms with van der Waals surface area (Å²) in [5.74, 6) is 0.386. The predicted octanol–water partition coefficient (Wildman–Crippen LogP) is 1.52. The lowest BCUT2D eigenvalue weighted by molar-refractivity contribution is -0.116. The lowest BCUT2D eigenvalue weighted by Crippen LogP contribution is -2.21. The van der Waals surface area contributed by atoms with Gasteiger partial charge >= 0.3 is 0 Å². The normalized spacial score (nSPS) is 14.8. The highest BCUT2D eigenvalue weighted by Gasteiger charge is 2.16. The third-order valence-electron chi connectivity index (χ3n) is 2.46. The first-order chi connectivity index (χ1) is 8.69. The molecular formula is C13H13N3O2. The Hall–Kier alpha value is -2.30. The van der Waals surface area contributed by atoms with E-state index in [1.807, 2.05) is 0 Å². The zero-order valence-electron chi connectivity index (χ0n) is 10.0. The molecule has 92 valence electrons. The highest BCUT2D eigenvalue weighted by atomic mass is 16.1. The maximum atomic E-state index is 11.3. The van der Waals surface area contributed by atoms with Gasteiger partial charge in [-0.15, -0.1) is 0 Å². The first-order valence-electron chi connectivity index (χ1n) is 5.69. The minimum absolute atomic E-state index is 0.0386.